The molecule has 0 aliphatic rings. The lowest BCUT2D eigenvalue weighted by atomic mass is 10.2. The highest BCUT2D eigenvalue weighted by Crippen LogP contribution is 2.06. The zero-order chi connectivity index (χ0) is 14.7. The van der Waals surface area contributed by atoms with Gasteiger partial charge in [0, 0.05) is 13.6 Å². The van der Waals surface area contributed by atoms with Gasteiger partial charge in [-0.3, -0.25) is 14.2 Å². The summed E-state index contributed by atoms with van der Waals surface area (Å²) in [7, 11) is 1.66. The number of carbonyl (C=O) groups is 1. The van der Waals surface area contributed by atoms with E-state index in [-0.39, 0.29) is 22.8 Å². The number of hydrogen-bond acceptors (Lipinski definition) is 3. The van der Waals surface area contributed by atoms with Crippen molar-refractivity contribution in [2.24, 2.45) is 0 Å². The number of carbonyl (C=O) groups excluding carboxylic acids is 1. The number of aromatic nitrogens is 2. The maximum absolute atomic E-state index is 12.4. The monoisotopic (exact) mass is 289 g/mol. The Morgan fingerprint density at radius 3 is 2.90 bits per heavy atom. The molecule has 0 saturated heterocycles. The van der Waals surface area contributed by atoms with Crippen molar-refractivity contribution in [3.8, 4) is 0 Å². The highest BCUT2D eigenvalue weighted by atomic mass is 32.1. The number of nitrogens with one attached hydrogen (secondary N) is 1. The highest BCUT2D eigenvalue weighted by molar-refractivity contribution is 7.71. The van der Waals surface area contributed by atoms with Crippen LogP contribution >= 0.6 is 12.2 Å². The number of amides is 1. The molecule has 6 heteroatoms. The Hall–Kier alpha value is -2.21. The Balaban J connectivity index is 2.45. The van der Waals surface area contributed by atoms with Crippen LogP contribution in [0.5, 0.6) is 0 Å². The SMILES string of the molecule is C=CCN(C)C(=O)Cn1c(=S)[nH]c2ccccc2c1=O. The van der Waals surface area contributed by atoms with E-state index in [1.165, 1.54) is 9.47 Å². The van der Waals surface area contributed by atoms with E-state index in [0.717, 1.165) is 0 Å². The average Bonchev–Trinajstić information content (AvgIpc) is 2.43. The van der Waals surface area contributed by atoms with Crippen molar-refractivity contribution in [3.05, 3.63) is 52.0 Å². The number of H-pyrrole nitrogens is 1. The minimum atomic E-state index is -0.260. The molecule has 2 rings (SSSR count). The van der Waals surface area contributed by atoms with Gasteiger partial charge in [-0.2, -0.15) is 0 Å². The lowest BCUT2D eigenvalue weighted by molar-refractivity contribution is -0.130. The molecule has 0 aliphatic heterocycles. The largest absolute Gasteiger partial charge is 0.340 e. The van der Waals surface area contributed by atoms with Crippen LogP contribution < -0.4 is 5.56 Å². The maximum atomic E-state index is 12.4. The van der Waals surface area contributed by atoms with E-state index in [2.05, 4.69) is 11.6 Å². The molecule has 0 atom stereocenters. The smallest absolute Gasteiger partial charge is 0.262 e. The predicted octanol–water partition coefficient (Wildman–Crippen LogP) is 1.70. The van der Waals surface area contributed by atoms with Crippen LogP contribution in [0.25, 0.3) is 10.9 Å². The molecule has 0 spiro atoms. The zero-order valence-electron chi connectivity index (χ0n) is 11.1. The lowest BCUT2D eigenvalue weighted by Gasteiger charge is -2.15. The molecule has 0 radical (unpaired) electrons. The summed E-state index contributed by atoms with van der Waals surface area (Å²) in [6, 6.07) is 7.08. The fourth-order valence-electron chi connectivity index (χ4n) is 1.89. The molecule has 104 valence electrons. The number of aromatic amines is 1. The minimum Gasteiger partial charge on any atom is -0.340 e. The molecule has 2 aromatic rings. The van der Waals surface area contributed by atoms with E-state index in [4.69, 9.17) is 12.2 Å². The maximum Gasteiger partial charge on any atom is 0.262 e. The first kappa shape index (κ1) is 14.2. The van der Waals surface area contributed by atoms with E-state index in [0.29, 0.717) is 17.4 Å². The van der Waals surface area contributed by atoms with Crippen LogP contribution in [0.1, 0.15) is 0 Å². The van der Waals surface area contributed by atoms with Gasteiger partial charge in [-0.05, 0) is 24.4 Å². The van der Waals surface area contributed by atoms with E-state index in [1.807, 2.05) is 6.07 Å². The van der Waals surface area contributed by atoms with Crippen molar-refractivity contribution in [1.82, 2.24) is 14.5 Å². The average molecular weight is 289 g/mol. The molecule has 1 heterocycles. The highest BCUT2D eigenvalue weighted by Gasteiger charge is 2.12. The number of rotatable bonds is 4. The zero-order valence-corrected chi connectivity index (χ0v) is 11.9. The summed E-state index contributed by atoms with van der Waals surface area (Å²) in [5.41, 5.74) is 0.412. The summed E-state index contributed by atoms with van der Waals surface area (Å²) in [6.07, 6.45) is 1.63. The topological polar surface area (TPSA) is 58.1 Å². The normalized spacial score (nSPS) is 10.4. The molecule has 1 aromatic heterocycles. The Labute approximate surface area is 121 Å². The number of para-hydroxylation sites is 1. The summed E-state index contributed by atoms with van der Waals surface area (Å²) in [4.78, 5) is 28.8. The van der Waals surface area contributed by atoms with Crippen LogP contribution in [-0.2, 0) is 11.3 Å². The summed E-state index contributed by atoms with van der Waals surface area (Å²) >= 11 is 5.15. The first-order valence-corrected chi connectivity index (χ1v) is 6.52. The first-order chi connectivity index (χ1) is 9.54. The third kappa shape index (κ3) is 2.70. The molecular formula is C14H15N3O2S. The number of fused-ring (bicyclic) bond motifs is 1. The van der Waals surface area contributed by atoms with Crippen LogP contribution in [0.2, 0.25) is 0 Å². The van der Waals surface area contributed by atoms with Crippen molar-refractivity contribution in [1.29, 1.82) is 0 Å². The third-order valence-corrected chi connectivity index (χ3v) is 3.33. The minimum absolute atomic E-state index is 0.0800. The van der Waals surface area contributed by atoms with Crippen LogP contribution in [0.4, 0.5) is 0 Å². The van der Waals surface area contributed by atoms with Gasteiger partial charge in [0.2, 0.25) is 5.91 Å². The number of hydrogen-bond donors (Lipinski definition) is 1. The number of likely N-dealkylation sites (N-methyl/N-ethyl adjacent to an activating group) is 1. The van der Waals surface area contributed by atoms with E-state index in [1.54, 1.807) is 31.3 Å². The van der Waals surface area contributed by atoms with Crippen LogP contribution in [0.15, 0.2) is 41.7 Å². The molecule has 0 unspecified atom stereocenters. The fourth-order valence-corrected chi connectivity index (χ4v) is 2.15. The lowest BCUT2D eigenvalue weighted by Crippen LogP contribution is -2.34. The summed E-state index contributed by atoms with van der Waals surface area (Å²) in [5, 5.41) is 0.514. The molecular weight excluding hydrogens is 274 g/mol. The Kier molecular flexibility index (Phi) is 4.14. The molecule has 1 N–H and O–H groups in total. The third-order valence-electron chi connectivity index (χ3n) is 3.01. The number of benzene rings is 1. The fraction of sp³-hybridized carbons (Fsp3) is 0.214. The van der Waals surface area contributed by atoms with Gasteiger partial charge >= 0.3 is 0 Å². The van der Waals surface area contributed by atoms with Crippen LogP contribution in [-0.4, -0.2) is 34.0 Å². The Morgan fingerprint density at radius 2 is 2.20 bits per heavy atom. The van der Waals surface area contributed by atoms with Crippen molar-refractivity contribution in [2.75, 3.05) is 13.6 Å². The molecule has 0 fully saturated rings. The summed E-state index contributed by atoms with van der Waals surface area (Å²) < 4.78 is 1.52. The summed E-state index contributed by atoms with van der Waals surface area (Å²) in [6.45, 7) is 3.93. The molecule has 5 nitrogen and oxygen atoms in total. The van der Waals surface area contributed by atoms with Gasteiger partial charge in [0.05, 0.1) is 10.9 Å². The second-order valence-electron chi connectivity index (χ2n) is 4.43. The molecule has 0 aliphatic carbocycles. The van der Waals surface area contributed by atoms with Crippen molar-refractivity contribution in [2.45, 2.75) is 6.54 Å². The molecule has 0 bridgehead atoms. The standard InChI is InChI=1S/C14H15N3O2S/c1-3-8-16(2)12(18)9-17-13(19)10-6-4-5-7-11(10)15-14(17)20/h3-7H,1,8-9H2,2H3,(H,15,20). The van der Waals surface area contributed by atoms with Gasteiger partial charge in [-0.1, -0.05) is 18.2 Å². The Morgan fingerprint density at radius 1 is 1.50 bits per heavy atom. The van der Waals surface area contributed by atoms with Gasteiger partial charge in [0.25, 0.3) is 5.56 Å². The van der Waals surface area contributed by atoms with Crippen molar-refractivity contribution >= 4 is 29.0 Å². The second kappa shape index (κ2) is 5.83. The van der Waals surface area contributed by atoms with Crippen LogP contribution in [0.3, 0.4) is 0 Å². The van der Waals surface area contributed by atoms with Gasteiger partial charge in [0.15, 0.2) is 4.77 Å². The molecule has 1 aromatic carbocycles. The second-order valence-corrected chi connectivity index (χ2v) is 4.82. The summed E-state index contributed by atoms with van der Waals surface area (Å²) in [5.74, 6) is -0.193. The predicted molar refractivity (Wildman–Crippen MR) is 81.2 cm³/mol. The van der Waals surface area contributed by atoms with Gasteiger partial charge in [-0.15, -0.1) is 6.58 Å². The van der Waals surface area contributed by atoms with Gasteiger partial charge in [0.1, 0.15) is 6.54 Å². The van der Waals surface area contributed by atoms with Gasteiger partial charge in [-0.25, -0.2) is 0 Å². The molecule has 20 heavy (non-hydrogen) atoms. The van der Waals surface area contributed by atoms with Gasteiger partial charge < -0.3 is 9.88 Å². The molecule has 0 saturated carbocycles. The quantitative estimate of drug-likeness (QED) is 0.688. The molecule has 1 amide bonds. The van der Waals surface area contributed by atoms with Crippen LogP contribution in [0, 0.1) is 4.77 Å². The van der Waals surface area contributed by atoms with Crippen molar-refractivity contribution < 1.29 is 4.79 Å². The Bertz CT molecular complexity index is 776. The van der Waals surface area contributed by atoms with E-state index < -0.39 is 0 Å². The van der Waals surface area contributed by atoms with E-state index in [9.17, 15) is 9.59 Å². The van der Waals surface area contributed by atoms with Crippen molar-refractivity contribution in [3.63, 3.8) is 0 Å². The first-order valence-electron chi connectivity index (χ1n) is 6.11. The van der Waals surface area contributed by atoms with E-state index >= 15 is 0 Å². The number of nitrogens with zero attached hydrogens (tertiary/aromatic N) is 2.